The first kappa shape index (κ1) is 17.8. The minimum Gasteiger partial charge on any atom is -0.429 e. The Morgan fingerprint density at radius 2 is 1.80 bits per heavy atom. The Bertz CT molecular complexity index is 720. The maximum absolute atomic E-state index is 14.3. The summed E-state index contributed by atoms with van der Waals surface area (Å²) in [5.41, 5.74) is 0.982. The number of halogens is 3. The van der Waals surface area contributed by atoms with Gasteiger partial charge < -0.3 is 9.47 Å². The lowest BCUT2D eigenvalue weighted by Gasteiger charge is -2.27. The molecule has 0 N–H and O–H groups in total. The molecule has 0 saturated carbocycles. The second-order valence-corrected chi connectivity index (χ2v) is 6.66. The van der Waals surface area contributed by atoms with Crippen LogP contribution >= 0.6 is 0 Å². The SMILES string of the molecule is Cc1ccc(OC(F)(F)c2ccc(C3CCC(C)CO3)cc2)cc1F. The molecule has 0 radical (unpaired) electrons. The van der Waals surface area contributed by atoms with Crippen LogP contribution in [0, 0.1) is 18.7 Å². The summed E-state index contributed by atoms with van der Waals surface area (Å²) in [5.74, 6) is -0.253. The topological polar surface area (TPSA) is 18.5 Å². The van der Waals surface area contributed by atoms with Gasteiger partial charge >= 0.3 is 6.11 Å². The summed E-state index contributed by atoms with van der Waals surface area (Å²) in [7, 11) is 0. The maximum Gasteiger partial charge on any atom is 0.426 e. The van der Waals surface area contributed by atoms with Gasteiger partial charge in [0.1, 0.15) is 11.6 Å². The summed E-state index contributed by atoms with van der Waals surface area (Å²) < 4.78 is 52.6. The van der Waals surface area contributed by atoms with Crippen molar-refractivity contribution in [1.82, 2.24) is 0 Å². The van der Waals surface area contributed by atoms with Crippen LogP contribution in [0.1, 0.15) is 42.6 Å². The molecule has 1 fully saturated rings. The zero-order valence-electron chi connectivity index (χ0n) is 14.3. The number of benzene rings is 2. The van der Waals surface area contributed by atoms with Gasteiger partial charge in [-0.15, -0.1) is 0 Å². The number of aryl methyl sites for hydroxylation is 1. The molecule has 134 valence electrons. The Labute approximate surface area is 145 Å². The van der Waals surface area contributed by atoms with Crippen molar-refractivity contribution < 1.29 is 22.6 Å². The maximum atomic E-state index is 14.3. The third-order valence-corrected chi connectivity index (χ3v) is 4.51. The van der Waals surface area contributed by atoms with Crippen molar-refractivity contribution in [2.45, 2.75) is 38.9 Å². The minimum atomic E-state index is -3.54. The smallest absolute Gasteiger partial charge is 0.426 e. The third-order valence-electron chi connectivity index (χ3n) is 4.51. The van der Waals surface area contributed by atoms with Gasteiger partial charge in [0.15, 0.2) is 0 Å². The molecule has 1 aliphatic heterocycles. The molecule has 2 aromatic rings. The normalized spacial score (nSPS) is 21.2. The molecule has 2 nitrogen and oxygen atoms in total. The van der Waals surface area contributed by atoms with Gasteiger partial charge in [0, 0.05) is 12.7 Å². The van der Waals surface area contributed by atoms with Crippen molar-refractivity contribution in [3.63, 3.8) is 0 Å². The molecular formula is C20H21F3O2. The van der Waals surface area contributed by atoms with Crippen LogP contribution in [0.2, 0.25) is 0 Å². The number of hydrogen-bond donors (Lipinski definition) is 0. The fourth-order valence-corrected chi connectivity index (χ4v) is 2.88. The second-order valence-electron chi connectivity index (χ2n) is 6.66. The van der Waals surface area contributed by atoms with E-state index in [0.29, 0.717) is 18.1 Å². The van der Waals surface area contributed by atoms with E-state index in [1.54, 1.807) is 19.1 Å². The summed E-state index contributed by atoms with van der Waals surface area (Å²) in [5, 5.41) is 0. The van der Waals surface area contributed by atoms with E-state index < -0.39 is 11.9 Å². The Balaban J connectivity index is 1.72. The van der Waals surface area contributed by atoms with Gasteiger partial charge in [0.05, 0.1) is 11.7 Å². The molecule has 1 saturated heterocycles. The van der Waals surface area contributed by atoms with Crippen LogP contribution in [0.3, 0.4) is 0 Å². The third kappa shape index (κ3) is 4.15. The number of rotatable bonds is 4. The molecule has 0 bridgehead atoms. The Morgan fingerprint density at radius 1 is 1.08 bits per heavy atom. The lowest BCUT2D eigenvalue weighted by molar-refractivity contribution is -0.185. The molecule has 0 amide bonds. The van der Waals surface area contributed by atoms with Crippen molar-refractivity contribution >= 4 is 0 Å². The van der Waals surface area contributed by atoms with E-state index in [9.17, 15) is 13.2 Å². The minimum absolute atomic E-state index is 0.0500. The fraction of sp³-hybridized carbons (Fsp3) is 0.400. The molecule has 0 spiro atoms. The van der Waals surface area contributed by atoms with Crippen LogP contribution in [0.15, 0.2) is 42.5 Å². The van der Waals surface area contributed by atoms with Gasteiger partial charge in [-0.05, 0) is 55.0 Å². The van der Waals surface area contributed by atoms with E-state index in [1.807, 2.05) is 0 Å². The predicted octanol–water partition coefficient (Wildman–Crippen LogP) is 5.75. The first-order valence-electron chi connectivity index (χ1n) is 8.40. The highest BCUT2D eigenvalue weighted by atomic mass is 19.3. The van der Waals surface area contributed by atoms with Crippen molar-refractivity contribution in [3.05, 3.63) is 65.0 Å². The second kappa shape index (κ2) is 7.08. The van der Waals surface area contributed by atoms with Crippen molar-refractivity contribution in [2.75, 3.05) is 6.61 Å². The standard InChI is InChI=1S/C20H21F3O2/c1-13-3-10-19(24-12-13)15-5-7-16(8-6-15)20(22,23)25-17-9-4-14(2)18(21)11-17/h4-9,11,13,19H,3,10,12H2,1-2H3. The highest BCUT2D eigenvalue weighted by Gasteiger charge is 2.35. The zero-order valence-corrected chi connectivity index (χ0v) is 14.3. The summed E-state index contributed by atoms with van der Waals surface area (Å²) in [6.45, 7) is 4.37. The van der Waals surface area contributed by atoms with Gasteiger partial charge in [-0.25, -0.2) is 4.39 Å². The summed E-state index contributed by atoms with van der Waals surface area (Å²) in [6, 6.07) is 9.66. The van der Waals surface area contributed by atoms with Crippen LogP contribution in [0.4, 0.5) is 13.2 Å². The summed E-state index contributed by atoms with van der Waals surface area (Å²) in [4.78, 5) is 0. The molecule has 0 aromatic heterocycles. The predicted molar refractivity (Wildman–Crippen MR) is 89.2 cm³/mol. The summed E-state index contributed by atoms with van der Waals surface area (Å²) in [6.07, 6.45) is -1.64. The Kier molecular flexibility index (Phi) is 5.04. The monoisotopic (exact) mass is 350 g/mol. The van der Waals surface area contributed by atoms with E-state index in [1.165, 1.54) is 24.3 Å². The lowest BCUT2D eigenvalue weighted by Crippen LogP contribution is -2.22. The van der Waals surface area contributed by atoms with Gasteiger partial charge in [0.25, 0.3) is 0 Å². The van der Waals surface area contributed by atoms with Crippen molar-refractivity contribution in [1.29, 1.82) is 0 Å². The van der Waals surface area contributed by atoms with Crippen LogP contribution in [-0.2, 0) is 10.8 Å². The van der Waals surface area contributed by atoms with Gasteiger partial charge in [-0.3, -0.25) is 0 Å². The van der Waals surface area contributed by atoms with Gasteiger partial charge in [0.2, 0.25) is 0 Å². The van der Waals surface area contributed by atoms with Crippen LogP contribution in [0.5, 0.6) is 5.75 Å². The Hall–Kier alpha value is -2.01. The summed E-state index contributed by atoms with van der Waals surface area (Å²) >= 11 is 0. The van der Waals surface area contributed by atoms with Crippen LogP contribution in [-0.4, -0.2) is 6.61 Å². The first-order chi connectivity index (χ1) is 11.8. The molecule has 2 aromatic carbocycles. The molecule has 2 atom stereocenters. The number of hydrogen-bond acceptors (Lipinski definition) is 2. The molecule has 25 heavy (non-hydrogen) atoms. The fourth-order valence-electron chi connectivity index (χ4n) is 2.88. The van der Waals surface area contributed by atoms with Crippen LogP contribution in [0.25, 0.3) is 0 Å². The highest BCUT2D eigenvalue weighted by molar-refractivity contribution is 5.31. The highest BCUT2D eigenvalue weighted by Crippen LogP contribution is 2.35. The number of alkyl halides is 2. The van der Waals surface area contributed by atoms with E-state index in [-0.39, 0.29) is 17.4 Å². The van der Waals surface area contributed by atoms with Gasteiger partial charge in [-0.2, -0.15) is 8.78 Å². The molecular weight excluding hydrogens is 329 g/mol. The largest absolute Gasteiger partial charge is 0.429 e. The van der Waals surface area contributed by atoms with Crippen molar-refractivity contribution in [2.24, 2.45) is 5.92 Å². The average molecular weight is 350 g/mol. The molecule has 2 unspecified atom stereocenters. The van der Waals surface area contributed by atoms with E-state index in [4.69, 9.17) is 9.47 Å². The molecule has 1 heterocycles. The van der Waals surface area contributed by atoms with Crippen molar-refractivity contribution in [3.8, 4) is 5.75 Å². The molecule has 1 aliphatic rings. The zero-order chi connectivity index (χ0) is 18.0. The average Bonchev–Trinajstić information content (AvgIpc) is 2.59. The lowest BCUT2D eigenvalue weighted by atomic mass is 9.95. The van der Waals surface area contributed by atoms with E-state index in [2.05, 4.69) is 6.92 Å². The van der Waals surface area contributed by atoms with E-state index >= 15 is 0 Å². The number of ether oxygens (including phenoxy) is 2. The van der Waals surface area contributed by atoms with Crippen LogP contribution < -0.4 is 4.74 Å². The van der Waals surface area contributed by atoms with Gasteiger partial charge in [-0.1, -0.05) is 25.1 Å². The first-order valence-corrected chi connectivity index (χ1v) is 8.40. The Morgan fingerprint density at radius 3 is 2.40 bits per heavy atom. The molecule has 5 heteroatoms. The molecule has 3 rings (SSSR count). The quantitative estimate of drug-likeness (QED) is 0.699. The molecule has 0 aliphatic carbocycles. The van der Waals surface area contributed by atoms with E-state index in [0.717, 1.165) is 24.5 Å².